The number of carbonyl (C=O) groups is 1. The molecule has 0 bridgehead atoms. The molecule has 132 valence electrons. The van der Waals surface area contributed by atoms with E-state index in [1.54, 1.807) is 36.4 Å². The van der Waals surface area contributed by atoms with Crippen LogP contribution in [0.25, 0.3) is 0 Å². The number of nitrogens with one attached hydrogen (secondary N) is 2. The summed E-state index contributed by atoms with van der Waals surface area (Å²) >= 11 is 0. The molecule has 3 aromatic carbocycles. The highest BCUT2D eigenvalue weighted by Crippen LogP contribution is 2.21. The van der Waals surface area contributed by atoms with Crippen LogP contribution in [-0.2, 0) is 11.2 Å². The largest absolute Gasteiger partial charge is 0.355 e. The molecule has 0 aliphatic carbocycles. The molecule has 3 nitrogen and oxygen atoms in total. The van der Waals surface area contributed by atoms with Gasteiger partial charge in [-0.25, -0.2) is 13.2 Å². The Balaban J connectivity index is 1.60. The van der Waals surface area contributed by atoms with Crippen molar-refractivity contribution >= 4 is 23.0 Å². The summed E-state index contributed by atoms with van der Waals surface area (Å²) in [6.07, 6.45) is 0.0621. The number of benzene rings is 3. The lowest BCUT2D eigenvalue weighted by Gasteiger charge is -2.09. The van der Waals surface area contributed by atoms with Gasteiger partial charge in [-0.05, 0) is 54.1 Å². The first-order valence-corrected chi connectivity index (χ1v) is 7.86. The molecule has 0 saturated carbocycles. The molecule has 0 heterocycles. The summed E-state index contributed by atoms with van der Waals surface area (Å²) in [5.74, 6) is -2.50. The molecule has 1 amide bonds. The number of hydrogen-bond donors (Lipinski definition) is 2. The topological polar surface area (TPSA) is 41.1 Å². The van der Waals surface area contributed by atoms with Crippen molar-refractivity contribution < 1.29 is 18.0 Å². The zero-order chi connectivity index (χ0) is 18.5. The van der Waals surface area contributed by atoms with Crippen LogP contribution in [0.3, 0.4) is 0 Å². The summed E-state index contributed by atoms with van der Waals surface area (Å²) in [6, 6.07) is 16.1. The standard InChI is InChI=1S/C20H15F3N2O/c21-14-3-1-2-13(10-14)11-20(26)25-16-6-4-15(5-7-16)24-17-8-9-18(22)19(23)12-17/h1-10,12,24H,11H2,(H,25,26). The second-order valence-electron chi connectivity index (χ2n) is 5.69. The van der Waals surface area contributed by atoms with Crippen LogP contribution >= 0.6 is 0 Å². The summed E-state index contributed by atoms with van der Waals surface area (Å²) in [6.45, 7) is 0. The van der Waals surface area contributed by atoms with E-state index in [2.05, 4.69) is 10.6 Å². The third-order valence-corrected chi connectivity index (χ3v) is 3.63. The first kappa shape index (κ1) is 17.5. The number of carbonyl (C=O) groups excluding carboxylic acids is 1. The van der Waals surface area contributed by atoms with Gasteiger partial charge < -0.3 is 10.6 Å². The van der Waals surface area contributed by atoms with Crippen molar-refractivity contribution in [2.24, 2.45) is 0 Å². The lowest BCUT2D eigenvalue weighted by molar-refractivity contribution is -0.115. The lowest BCUT2D eigenvalue weighted by Crippen LogP contribution is -2.14. The predicted octanol–water partition coefficient (Wildman–Crippen LogP) is 5.03. The smallest absolute Gasteiger partial charge is 0.228 e. The van der Waals surface area contributed by atoms with Crippen molar-refractivity contribution in [1.82, 2.24) is 0 Å². The van der Waals surface area contributed by atoms with Crippen molar-refractivity contribution in [2.45, 2.75) is 6.42 Å². The van der Waals surface area contributed by atoms with Gasteiger partial charge in [0.15, 0.2) is 11.6 Å². The van der Waals surface area contributed by atoms with Crippen LogP contribution < -0.4 is 10.6 Å². The van der Waals surface area contributed by atoms with Gasteiger partial charge in [0, 0.05) is 23.1 Å². The Kier molecular flexibility index (Phi) is 5.22. The maximum absolute atomic E-state index is 13.2. The fraction of sp³-hybridized carbons (Fsp3) is 0.0500. The molecule has 0 saturated heterocycles. The third kappa shape index (κ3) is 4.63. The van der Waals surface area contributed by atoms with Crippen LogP contribution in [0, 0.1) is 17.5 Å². The third-order valence-electron chi connectivity index (χ3n) is 3.63. The molecule has 0 aromatic heterocycles. The average Bonchev–Trinajstić information content (AvgIpc) is 2.60. The molecule has 3 aromatic rings. The van der Waals surface area contributed by atoms with Gasteiger partial charge in [-0.15, -0.1) is 0 Å². The molecule has 2 N–H and O–H groups in total. The fourth-order valence-electron chi connectivity index (χ4n) is 2.41. The zero-order valence-corrected chi connectivity index (χ0v) is 13.6. The van der Waals surface area contributed by atoms with Crippen molar-refractivity contribution in [1.29, 1.82) is 0 Å². The van der Waals surface area contributed by atoms with Gasteiger partial charge in [0.25, 0.3) is 0 Å². The molecule has 6 heteroatoms. The van der Waals surface area contributed by atoms with Crippen molar-refractivity contribution in [3.05, 3.63) is 89.7 Å². The van der Waals surface area contributed by atoms with E-state index in [0.29, 0.717) is 22.6 Å². The highest BCUT2D eigenvalue weighted by atomic mass is 19.2. The molecular weight excluding hydrogens is 341 g/mol. The Morgan fingerprint density at radius 3 is 2.15 bits per heavy atom. The summed E-state index contributed by atoms with van der Waals surface area (Å²) < 4.78 is 39.3. The van der Waals surface area contributed by atoms with E-state index < -0.39 is 11.6 Å². The lowest BCUT2D eigenvalue weighted by atomic mass is 10.1. The maximum atomic E-state index is 13.2. The molecule has 26 heavy (non-hydrogen) atoms. The first-order valence-electron chi connectivity index (χ1n) is 7.86. The van der Waals surface area contributed by atoms with Crippen LogP contribution in [0.2, 0.25) is 0 Å². The Morgan fingerprint density at radius 2 is 1.46 bits per heavy atom. The monoisotopic (exact) mass is 356 g/mol. The van der Waals surface area contributed by atoms with Crippen LogP contribution in [0.4, 0.5) is 30.2 Å². The van der Waals surface area contributed by atoms with Crippen molar-refractivity contribution in [3.63, 3.8) is 0 Å². The van der Waals surface area contributed by atoms with Crippen LogP contribution in [0.5, 0.6) is 0 Å². The van der Waals surface area contributed by atoms with E-state index >= 15 is 0 Å². The number of halogens is 3. The second-order valence-corrected chi connectivity index (χ2v) is 5.69. The van der Waals surface area contributed by atoms with E-state index in [1.807, 2.05) is 0 Å². The first-order chi connectivity index (χ1) is 12.5. The molecule has 0 radical (unpaired) electrons. The summed E-state index contributed by atoms with van der Waals surface area (Å²) in [7, 11) is 0. The van der Waals surface area contributed by atoms with Gasteiger partial charge in [-0.2, -0.15) is 0 Å². The normalized spacial score (nSPS) is 10.4. The van der Waals surface area contributed by atoms with Crippen LogP contribution in [-0.4, -0.2) is 5.91 Å². The predicted molar refractivity (Wildman–Crippen MR) is 94.8 cm³/mol. The summed E-state index contributed by atoms with van der Waals surface area (Å²) in [5, 5.41) is 5.66. The molecule has 0 aliphatic rings. The molecule has 3 rings (SSSR count). The SMILES string of the molecule is O=C(Cc1cccc(F)c1)Nc1ccc(Nc2ccc(F)c(F)c2)cc1. The van der Waals surface area contributed by atoms with Crippen LogP contribution in [0.15, 0.2) is 66.7 Å². The molecule has 0 unspecified atom stereocenters. The fourth-order valence-corrected chi connectivity index (χ4v) is 2.41. The molecule has 0 aliphatic heterocycles. The van der Waals surface area contributed by atoms with Crippen molar-refractivity contribution in [2.75, 3.05) is 10.6 Å². The van der Waals surface area contributed by atoms with Gasteiger partial charge >= 0.3 is 0 Å². The number of amides is 1. The summed E-state index contributed by atoms with van der Waals surface area (Å²) in [4.78, 5) is 12.0. The molecular formula is C20H15F3N2O. The molecule has 0 spiro atoms. The number of hydrogen-bond acceptors (Lipinski definition) is 2. The summed E-state index contributed by atoms with van der Waals surface area (Å²) in [5.41, 5.74) is 2.22. The Bertz CT molecular complexity index is 927. The van der Waals surface area contributed by atoms with E-state index in [1.165, 1.54) is 18.2 Å². The Morgan fingerprint density at radius 1 is 0.769 bits per heavy atom. The van der Waals surface area contributed by atoms with E-state index in [4.69, 9.17) is 0 Å². The maximum Gasteiger partial charge on any atom is 0.228 e. The van der Waals surface area contributed by atoms with E-state index in [9.17, 15) is 18.0 Å². The Labute approximate surface area is 148 Å². The Hall–Kier alpha value is -3.28. The van der Waals surface area contributed by atoms with Crippen molar-refractivity contribution in [3.8, 4) is 0 Å². The van der Waals surface area contributed by atoms with Gasteiger partial charge in [-0.1, -0.05) is 12.1 Å². The molecule has 0 atom stereocenters. The van der Waals surface area contributed by atoms with Gasteiger partial charge in [0.1, 0.15) is 5.82 Å². The minimum atomic E-state index is -0.934. The van der Waals surface area contributed by atoms with Gasteiger partial charge in [0.2, 0.25) is 5.91 Å². The van der Waals surface area contributed by atoms with E-state index in [-0.39, 0.29) is 18.1 Å². The van der Waals surface area contributed by atoms with Gasteiger partial charge in [-0.3, -0.25) is 4.79 Å². The van der Waals surface area contributed by atoms with E-state index in [0.717, 1.165) is 12.1 Å². The molecule has 0 fully saturated rings. The van der Waals surface area contributed by atoms with Gasteiger partial charge in [0.05, 0.1) is 6.42 Å². The zero-order valence-electron chi connectivity index (χ0n) is 13.6. The highest BCUT2D eigenvalue weighted by Gasteiger charge is 2.06. The quantitative estimate of drug-likeness (QED) is 0.673. The highest BCUT2D eigenvalue weighted by molar-refractivity contribution is 5.92. The average molecular weight is 356 g/mol. The van der Waals surface area contributed by atoms with Crippen LogP contribution in [0.1, 0.15) is 5.56 Å². The minimum Gasteiger partial charge on any atom is -0.355 e. The number of rotatable bonds is 5. The minimum absolute atomic E-state index is 0.0621. The number of anilines is 3. The second kappa shape index (κ2) is 7.74.